The number of carbonyl (C=O) groups is 1. The van der Waals surface area contributed by atoms with Gasteiger partial charge in [0.15, 0.2) is 0 Å². The van der Waals surface area contributed by atoms with Gasteiger partial charge in [0.25, 0.3) is 5.91 Å². The van der Waals surface area contributed by atoms with Crippen LogP contribution < -0.4 is 5.32 Å². The molecular weight excluding hydrogens is 240 g/mol. The van der Waals surface area contributed by atoms with Gasteiger partial charge in [-0.2, -0.15) is 0 Å². The Morgan fingerprint density at radius 3 is 2.82 bits per heavy atom. The number of hydrogen-bond acceptors (Lipinski definition) is 3. The first kappa shape index (κ1) is 13.8. The Balaban J connectivity index is 2.50. The third-order valence-electron chi connectivity index (χ3n) is 2.53. The van der Waals surface area contributed by atoms with Gasteiger partial charge >= 0.3 is 0 Å². The number of amides is 1. The molecule has 1 rings (SSSR count). The molecule has 1 aromatic rings. The highest BCUT2D eigenvalue weighted by Gasteiger charge is 2.07. The summed E-state index contributed by atoms with van der Waals surface area (Å²) >= 11 is 5.73. The molecule has 0 saturated heterocycles. The van der Waals surface area contributed by atoms with E-state index in [1.165, 1.54) is 12.1 Å². The topological polar surface area (TPSA) is 52.6 Å². The Kier molecular flexibility index (Phi) is 5.25. The van der Waals surface area contributed by atoms with Gasteiger partial charge in [0.05, 0.1) is 5.02 Å². The van der Waals surface area contributed by atoms with E-state index in [2.05, 4.69) is 17.1 Å². The molecule has 1 amide bonds. The quantitative estimate of drug-likeness (QED) is 0.844. The second-order valence-electron chi connectivity index (χ2n) is 3.82. The van der Waals surface area contributed by atoms with Crippen LogP contribution in [0.3, 0.4) is 0 Å². The molecule has 5 heteroatoms. The summed E-state index contributed by atoms with van der Waals surface area (Å²) in [5.41, 5.74) is 0.451. The van der Waals surface area contributed by atoms with Gasteiger partial charge in [-0.05, 0) is 31.8 Å². The zero-order valence-electron chi connectivity index (χ0n) is 10.0. The second-order valence-corrected chi connectivity index (χ2v) is 4.23. The van der Waals surface area contributed by atoms with Crippen LogP contribution in [0.25, 0.3) is 0 Å². The average Bonchev–Trinajstić information content (AvgIpc) is 2.32. The molecule has 0 spiro atoms. The van der Waals surface area contributed by atoms with Gasteiger partial charge in [0.1, 0.15) is 5.75 Å². The second kappa shape index (κ2) is 6.47. The van der Waals surface area contributed by atoms with Crippen LogP contribution in [0.15, 0.2) is 18.2 Å². The molecule has 0 aliphatic carbocycles. The van der Waals surface area contributed by atoms with Gasteiger partial charge in [0.2, 0.25) is 0 Å². The van der Waals surface area contributed by atoms with Crippen LogP contribution in [-0.4, -0.2) is 42.6 Å². The number of likely N-dealkylation sites (N-methyl/N-ethyl adjacent to an activating group) is 1. The van der Waals surface area contributed by atoms with Crippen molar-refractivity contribution < 1.29 is 9.90 Å². The Labute approximate surface area is 106 Å². The lowest BCUT2D eigenvalue weighted by atomic mass is 10.2. The van der Waals surface area contributed by atoms with Crippen LogP contribution in [0.4, 0.5) is 0 Å². The average molecular weight is 257 g/mol. The summed E-state index contributed by atoms with van der Waals surface area (Å²) in [4.78, 5) is 13.8. The SMILES string of the molecule is CCN(C)CCNC(=O)c1ccc(O)c(Cl)c1. The number of aromatic hydroxyl groups is 1. The molecule has 0 heterocycles. The number of phenolic OH excluding ortho intramolecular Hbond substituents is 1. The summed E-state index contributed by atoms with van der Waals surface area (Å²) in [6.45, 7) is 4.39. The van der Waals surface area contributed by atoms with Crippen LogP contribution in [-0.2, 0) is 0 Å². The van der Waals surface area contributed by atoms with Crippen molar-refractivity contribution in [1.82, 2.24) is 10.2 Å². The maximum Gasteiger partial charge on any atom is 0.251 e. The number of phenols is 1. The predicted octanol–water partition coefficient (Wildman–Crippen LogP) is 1.73. The highest BCUT2D eigenvalue weighted by molar-refractivity contribution is 6.32. The van der Waals surface area contributed by atoms with Gasteiger partial charge in [-0.15, -0.1) is 0 Å². The van der Waals surface area contributed by atoms with Crippen molar-refractivity contribution in [2.45, 2.75) is 6.92 Å². The monoisotopic (exact) mass is 256 g/mol. The fourth-order valence-corrected chi connectivity index (χ4v) is 1.45. The molecule has 1 aromatic carbocycles. The van der Waals surface area contributed by atoms with Crippen LogP contribution in [0.1, 0.15) is 17.3 Å². The molecule has 0 fully saturated rings. The van der Waals surface area contributed by atoms with E-state index < -0.39 is 0 Å². The smallest absolute Gasteiger partial charge is 0.251 e. The summed E-state index contributed by atoms with van der Waals surface area (Å²) in [6.07, 6.45) is 0. The fourth-order valence-electron chi connectivity index (χ4n) is 1.27. The molecule has 0 aromatic heterocycles. The van der Waals surface area contributed by atoms with E-state index in [1.807, 2.05) is 7.05 Å². The van der Waals surface area contributed by atoms with E-state index in [0.29, 0.717) is 12.1 Å². The molecule has 0 atom stereocenters. The third-order valence-corrected chi connectivity index (χ3v) is 2.83. The van der Waals surface area contributed by atoms with Crippen molar-refractivity contribution in [2.75, 3.05) is 26.7 Å². The van der Waals surface area contributed by atoms with Crippen LogP contribution >= 0.6 is 11.6 Å². The molecular formula is C12H17ClN2O2. The molecule has 17 heavy (non-hydrogen) atoms. The van der Waals surface area contributed by atoms with Crippen molar-refractivity contribution in [3.8, 4) is 5.75 Å². The first-order valence-corrected chi connectivity index (χ1v) is 5.87. The minimum absolute atomic E-state index is 0.0195. The standard InChI is InChI=1S/C12H17ClN2O2/c1-3-15(2)7-6-14-12(17)9-4-5-11(16)10(13)8-9/h4-5,8,16H,3,6-7H2,1-2H3,(H,14,17). The normalized spacial score (nSPS) is 10.6. The van der Waals surface area contributed by atoms with E-state index in [0.717, 1.165) is 13.1 Å². The number of halogens is 1. The largest absolute Gasteiger partial charge is 0.506 e. The summed E-state index contributed by atoms with van der Waals surface area (Å²) < 4.78 is 0. The molecule has 0 unspecified atom stereocenters. The first-order chi connectivity index (χ1) is 8.04. The fraction of sp³-hybridized carbons (Fsp3) is 0.417. The molecule has 4 nitrogen and oxygen atoms in total. The zero-order chi connectivity index (χ0) is 12.8. The van der Waals surface area contributed by atoms with Crippen LogP contribution in [0, 0.1) is 0 Å². The van der Waals surface area contributed by atoms with Crippen molar-refractivity contribution in [2.24, 2.45) is 0 Å². The summed E-state index contributed by atoms with van der Waals surface area (Å²) in [7, 11) is 1.99. The van der Waals surface area contributed by atoms with Crippen LogP contribution in [0.5, 0.6) is 5.75 Å². The highest BCUT2D eigenvalue weighted by atomic mass is 35.5. The summed E-state index contributed by atoms with van der Waals surface area (Å²) in [6, 6.07) is 4.41. The molecule has 2 N–H and O–H groups in total. The van der Waals surface area contributed by atoms with Gasteiger partial charge in [-0.1, -0.05) is 18.5 Å². The predicted molar refractivity (Wildman–Crippen MR) is 68.6 cm³/mol. The number of nitrogens with zero attached hydrogens (tertiary/aromatic N) is 1. The molecule has 0 radical (unpaired) electrons. The first-order valence-electron chi connectivity index (χ1n) is 5.50. The minimum Gasteiger partial charge on any atom is -0.506 e. The maximum absolute atomic E-state index is 11.7. The van der Waals surface area contributed by atoms with Gasteiger partial charge in [0, 0.05) is 18.7 Å². The Bertz CT molecular complexity index is 396. The van der Waals surface area contributed by atoms with E-state index in [4.69, 9.17) is 11.6 Å². The van der Waals surface area contributed by atoms with Gasteiger partial charge < -0.3 is 15.3 Å². The Morgan fingerprint density at radius 1 is 1.53 bits per heavy atom. The Hall–Kier alpha value is -1.26. The zero-order valence-corrected chi connectivity index (χ0v) is 10.8. The van der Waals surface area contributed by atoms with E-state index in [-0.39, 0.29) is 16.7 Å². The Morgan fingerprint density at radius 2 is 2.24 bits per heavy atom. The van der Waals surface area contributed by atoms with Crippen LogP contribution in [0.2, 0.25) is 5.02 Å². The maximum atomic E-state index is 11.7. The summed E-state index contributed by atoms with van der Waals surface area (Å²) in [5, 5.41) is 12.2. The van der Waals surface area contributed by atoms with E-state index >= 15 is 0 Å². The van der Waals surface area contributed by atoms with E-state index in [9.17, 15) is 9.90 Å². The molecule has 0 saturated carbocycles. The van der Waals surface area contributed by atoms with Crippen molar-refractivity contribution in [3.63, 3.8) is 0 Å². The molecule has 0 aliphatic heterocycles. The van der Waals surface area contributed by atoms with Crippen molar-refractivity contribution in [1.29, 1.82) is 0 Å². The number of hydrogen-bond donors (Lipinski definition) is 2. The molecule has 0 aliphatic rings. The number of benzene rings is 1. The number of nitrogens with one attached hydrogen (secondary N) is 1. The summed E-state index contributed by atoms with van der Waals surface area (Å²) in [5.74, 6) is -0.203. The van der Waals surface area contributed by atoms with E-state index in [1.54, 1.807) is 6.07 Å². The number of carbonyl (C=O) groups excluding carboxylic acids is 1. The lowest BCUT2D eigenvalue weighted by Crippen LogP contribution is -2.32. The van der Waals surface area contributed by atoms with Crippen molar-refractivity contribution >= 4 is 17.5 Å². The third kappa shape index (κ3) is 4.24. The minimum atomic E-state index is -0.184. The highest BCUT2D eigenvalue weighted by Crippen LogP contribution is 2.23. The van der Waals surface area contributed by atoms with Crippen molar-refractivity contribution in [3.05, 3.63) is 28.8 Å². The number of rotatable bonds is 5. The molecule has 0 bridgehead atoms. The van der Waals surface area contributed by atoms with Gasteiger partial charge in [-0.25, -0.2) is 0 Å². The van der Waals surface area contributed by atoms with Gasteiger partial charge in [-0.3, -0.25) is 4.79 Å². The lowest BCUT2D eigenvalue weighted by Gasteiger charge is -2.14. The molecule has 94 valence electrons. The lowest BCUT2D eigenvalue weighted by molar-refractivity contribution is 0.0950.